The summed E-state index contributed by atoms with van der Waals surface area (Å²) in [7, 11) is -2.32. The molecule has 1 atom stereocenters. The third-order valence-electron chi connectivity index (χ3n) is 3.32. The second-order valence-electron chi connectivity index (χ2n) is 4.77. The van der Waals surface area contributed by atoms with E-state index in [4.69, 9.17) is 4.74 Å². The summed E-state index contributed by atoms with van der Waals surface area (Å²) in [6, 6.07) is 3.92. The molecule has 1 aromatic rings. The Labute approximate surface area is 122 Å². The van der Waals surface area contributed by atoms with Crippen molar-refractivity contribution >= 4 is 21.4 Å². The quantitative estimate of drug-likeness (QED) is 0.597. The number of nitrogens with zero attached hydrogens (tertiary/aromatic N) is 1. The van der Waals surface area contributed by atoms with Gasteiger partial charge in [0.1, 0.15) is 0 Å². The van der Waals surface area contributed by atoms with Crippen molar-refractivity contribution in [3.63, 3.8) is 0 Å². The summed E-state index contributed by atoms with van der Waals surface area (Å²) in [4.78, 5) is 10.0. The van der Waals surface area contributed by atoms with Crippen molar-refractivity contribution in [3.8, 4) is 0 Å². The van der Waals surface area contributed by atoms with Crippen LogP contribution >= 0.6 is 0 Å². The monoisotopic (exact) mass is 315 g/mol. The molecule has 9 heteroatoms. The van der Waals surface area contributed by atoms with Crippen molar-refractivity contribution in [1.29, 1.82) is 0 Å². The van der Waals surface area contributed by atoms with Gasteiger partial charge in [0.05, 0.1) is 11.5 Å². The van der Waals surface area contributed by atoms with E-state index < -0.39 is 20.6 Å². The van der Waals surface area contributed by atoms with Gasteiger partial charge in [0.25, 0.3) is 5.69 Å². The molecule has 1 unspecified atom stereocenters. The molecule has 1 fully saturated rings. The Morgan fingerprint density at radius 1 is 1.48 bits per heavy atom. The van der Waals surface area contributed by atoms with Crippen LogP contribution in [-0.2, 0) is 14.8 Å². The van der Waals surface area contributed by atoms with Crippen LogP contribution in [0.2, 0.25) is 0 Å². The molecule has 0 aliphatic carbocycles. The van der Waals surface area contributed by atoms with Gasteiger partial charge in [-0.1, -0.05) is 0 Å². The Morgan fingerprint density at radius 3 is 2.81 bits per heavy atom. The maximum atomic E-state index is 12.2. The lowest BCUT2D eigenvalue weighted by atomic mass is 10.1. The Balaban J connectivity index is 2.23. The molecular weight excluding hydrogens is 298 g/mol. The third-order valence-corrected chi connectivity index (χ3v) is 4.79. The minimum Gasteiger partial charge on any atom is -0.388 e. The van der Waals surface area contributed by atoms with Gasteiger partial charge in [0.15, 0.2) is 4.90 Å². The fourth-order valence-corrected chi connectivity index (χ4v) is 3.36. The summed E-state index contributed by atoms with van der Waals surface area (Å²) in [5.41, 5.74) is 0.0295. The highest BCUT2D eigenvalue weighted by Crippen LogP contribution is 2.27. The highest BCUT2D eigenvalue weighted by molar-refractivity contribution is 7.89. The van der Waals surface area contributed by atoms with Crippen LogP contribution in [0.4, 0.5) is 11.4 Å². The second-order valence-corrected chi connectivity index (χ2v) is 6.51. The third kappa shape index (κ3) is 3.69. The summed E-state index contributed by atoms with van der Waals surface area (Å²) in [6.45, 7) is 1.33. The normalized spacial score (nSPS) is 18.6. The van der Waals surface area contributed by atoms with Crippen LogP contribution in [0.1, 0.15) is 6.42 Å². The molecule has 21 heavy (non-hydrogen) atoms. The Kier molecular flexibility index (Phi) is 4.76. The summed E-state index contributed by atoms with van der Waals surface area (Å²) < 4.78 is 32.1. The highest BCUT2D eigenvalue weighted by atomic mass is 32.2. The van der Waals surface area contributed by atoms with Gasteiger partial charge in [-0.3, -0.25) is 10.1 Å². The van der Waals surface area contributed by atoms with E-state index in [0.29, 0.717) is 18.9 Å². The second kappa shape index (κ2) is 6.37. The minimum atomic E-state index is -3.92. The van der Waals surface area contributed by atoms with Gasteiger partial charge in [-0.05, 0) is 24.5 Å². The molecule has 0 aromatic heterocycles. The summed E-state index contributed by atoms with van der Waals surface area (Å²) in [6.07, 6.45) is 0.781. The standard InChI is InChI=1S/C12H17N3O5S/c1-13-10-2-3-12(11(6-10)15(16)17)21(18,19)14-7-9-4-5-20-8-9/h2-3,6,9,13-14H,4-5,7-8H2,1H3. The van der Waals surface area contributed by atoms with E-state index in [9.17, 15) is 18.5 Å². The van der Waals surface area contributed by atoms with Gasteiger partial charge >= 0.3 is 0 Å². The molecular formula is C12H17N3O5S. The average molecular weight is 315 g/mol. The number of hydrogen-bond donors (Lipinski definition) is 2. The lowest BCUT2D eigenvalue weighted by Gasteiger charge is -2.11. The van der Waals surface area contributed by atoms with E-state index in [0.717, 1.165) is 6.42 Å². The first-order valence-corrected chi connectivity index (χ1v) is 7.96. The van der Waals surface area contributed by atoms with E-state index in [1.165, 1.54) is 18.2 Å². The van der Waals surface area contributed by atoms with E-state index in [1.54, 1.807) is 7.05 Å². The highest BCUT2D eigenvalue weighted by Gasteiger charge is 2.27. The van der Waals surface area contributed by atoms with Crippen LogP contribution < -0.4 is 10.0 Å². The zero-order chi connectivity index (χ0) is 15.5. The number of sulfonamides is 1. The average Bonchev–Trinajstić information content (AvgIpc) is 2.98. The lowest BCUT2D eigenvalue weighted by Crippen LogP contribution is -2.30. The van der Waals surface area contributed by atoms with Crippen LogP contribution in [0, 0.1) is 16.0 Å². The van der Waals surface area contributed by atoms with Crippen LogP contribution in [0.25, 0.3) is 0 Å². The molecule has 1 aliphatic rings. The number of nitro groups is 1. The number of anilines is 1. The van der Waals surface area contributed by atoms with E-state index >= 15 is 0 Å². The summed E-state index contributed by atoms with van der Waals surface area (Å²) in [5.74, 6) is 0.107. The molecule has 8 nitrogen and oxygen atoms in total. The number of nitro benzene ring substituents is 1. The Bertz CT molecular complexity index is 626. The van der Waals surface area contributed by atoms with Crippen molar-refractivity contribution in [2.75, 3.05) is 32.1 Å². The fraction of sp³-hybridized carbons (Fsp3) is 0.500. The van der Waals surface area contributed by atoms with E-state index in [2.05, 4.69) is 10.0 Å². The molecule has 0 radical (unpaired) electrons. The number of ether oxygens (including phenoxy) is 1. The first-order chi connectivity index (χ1) is 9.94. The predicted molar refractivity (Wildman–Crippen MR) is 76.8 cm³/mol. The number of benzene rings is 1. The zero-order valence-electron chi connectivity index (χ0n) is 11.5. The van der Waals surface area contributed by atoms with E-state index in [-0.39, 0.29) is 17.4 Å². The van der Waals surface area contributed by atoms with Gasteiger partial charge < -0.3 is 10.1 Å². The Morgan fingerprint density at radius 2 is 2.24 bits per heavy atom. The van der Waals surface area contributed by atoms with Crippen molar-refractivity contribution < 1.29 is 18.1 Å². The number of rotatable bonds is 6. The summed E-state index contributed by atoms with van der Waals surface area (Å²) >= 11 is 0. The molecule has 1 aliphatic heterocycles. The first kappa shape index (κ1) is 15.7. The van der Waals surface area contributed by atoms with Gasteiger partial charge in [-0.25, -0.2) is 13.1 Å². The SMILES string of the molecule is CNc1ccc(S(=O)(=O)NCC2CCOC2)c([N+](=O)[O-])c1. The van der Waals surface area contributed by atoms with Gasteiger partial charge in [0, 0.05) is 32.0 Å². The maximum Gasteiger partial charge on any atom is 0.291 e. The molecule has 1 heterocycles. The zero-order valence-corrected chi connectivity index (χ0v) is 12.4. The molecule has 0 spiro atoms. The van der Waals surface area contributed by atoms with Crippen LogP contribution in [-0.4, -0.2) is 40.1 Å². The molecule has 0 saturated carbocycles. The topological polar surface area (TPSA) is 111 Å². The van der Waals surface area contributed by atoms with Crippen molar-refractivity contribution in [2.24, 2.45) is 5.92 Å². The number of nitrogens with one attached hydrogen (secondary N) is 2. The van der Waals surface area contributed by atoms with Gasteiger partial charge in [-0.2, -0.15) is 0 Å². The van der Waals surface area contributed by atoms with Crippen molar-refractivity contribution in [1.82, 2.24) is 4.72 Å². The Hall–Kier alpha value is -1.71. The van der Waals surface area contributed by atoms with Gasteiger partial charge in [-0.15, -0.1) is 0 Å². The minimum absolute atomic E-state index is 0.107. The van der Waals surface area contributed by atoms with Gasteiger partial charge in [0.2, 0.25) is 10.0 Å². The fourth-order valence-electron chi connectivity index (χ4n) is 2.09. The van der Waals surface area contributed by atoms with E-state index in [1.807, 2.05) is 0 Å². The first-order valence-electron chi connectivity index (χ1n) is 6.47. The van der Waals surface area contributed by atoms with Crippen LogP contribution in [0.3, 0.4) is 0 Å². The largest absolute Gasteiger partial charge is 0.388 e. The van der Waals surface area contributed by atoms with Crippen LogP contribution in [0.5, 0.6) is 0 Å². The maximum absolute atomic E-state index is 12.2. The van der Waals surface area contributed by atoms with Crippen molar-refractivity contribution in [3.05, 3.63) is 28.3 Å². The van der Waals surface area contributed by atoms with Crippen molar-refractivity contribution in [2.45, 2.75) is 11.3 Å². The van der Waals surface area contributed by atoms with Crippen LogP contribution in [0.15, 0.2) is 23.1 Å². The predicted octanol–water partition coefficient (Wildman–Crippen LogP) is 0.951. The molecule has 0 amide bonds. The molecule has 2 N–H and O–H groups in total. The molecule has 116 valence electrons. The molecule has 1 aromatic carbocycles. The molecule has 2 rings (SSSR count). The lowest BCUT2D eigenvalue weighted by molar-refractivity contribution is -0.387. The summed E-state index contributed by atoms with van der Waals surface area (Å²) in [5, 5.41) is 13.8. The number of hydrogen-bond acceptors (Lipinski definition) is 6. The smallest absolute Gasteiger partial charge is 0.291 e. The molecule has 0 bridgehead atoms. The molecule has 1 saturated heterocycles.